The first kappa shape index (κ1) is 14.5. The molecule has 1 N–H and O–H groups in total. The van der Waals surface area contributed by atoms with Crippen molar-refractivity contribution in [2.45, 2.75) is 37.7 Å². The number of hydrogen-bond donors (Lipinski definition) is 1. The van der Waals surface area contributed by atoms with Gasteiger partial charge in [-0.05, 0) is 33.0 Å². The molecule has 2 heterocycles. The van der Waals surface area contributed by atoms with Crippen LogP contribution in [0.4, 0.5) is 0 Å². The maximum atomic E-state index is 12.5. The first-order chi connectivity index (χ1) is 8.93. The molecule has 0 saturated carbocycles. The van der Waals surface area contributed by atoms with E-state index in [1.807, 2.05) is 13.8 Å². The molecule has 108 valence electrons. The lowest BCUT2D eigenvalue weighted by atomic mass is 10.3. The Labute approximate surface area is 113 Å². The molecule has 0 radical (unpaired) electrons. The molecule has 0 spiro atoms. The summed E-state index contributed by atoms with van der Waals surface area (Å²) in [7, 11) is -1.79. The van der Waals surface area contributed by atoms with E-state index in [9.17, 15) is 8.42 Å². The van der Waals surface area contributed by atoms with E-state index < -0.39 is 10.0 Å². The summed E-state index contributed by atoms with van der Waals surface area (Å²) < 4.78 is 37.3. The normalized spacial score (nSPS) is 25.6. The highest BCUT2D eigenvalue weighted by atomic mass is 32.2. The van der Waals surface area contributed by atoms with Gasteiger partial charge in [0.15, 0.2) is 0 Å². The van der Waals surface area contributed by atoms with Crippen molar-refractivity contribution in [1.29, 1.82) is 0 Å². The number of hydrogen-bond acceptors (Lipinski definition) is 5. The number of sulfonamides is 1. The lowest BCUT2D eigenvalue weighted by Crippen LogP contribution is -2.47. The van der Waals surface area contributed by atoms with E-state index in [-0.39, 0.29) is 17.3 Å². The van der Waals surface area contributed by atoms with Crippen LogP contribution >= 0.6 is 0 Å². The van der Waals surface area contributed by atoms with Crippen LogP contribution in [0.1, 0.15) is 19.6 Å². The molecule has 0 aliphatic carbocycles. The first-order valence-corrected chi connectivity index (χ1v) is 7.76. The molecule has 0 unspecified atom stereocenters. The number of furan rings is 1. The third kappa shape index (κ3) is 3.17. The standard InChI is InChI=1S/C12H20N2O4S/c1-9-7-14(8-10(2)17-9)19(15,16)12-5-4-11(18-12)6-13-3/h4-5,9-10,13H,6-8H2,1-3H3/t9-,10+. The Morgan fingerprint density at radius 3 is 2.53 bits per heavy atom. The Kier molecular flexibility index (Phi) is 4.29. The highest BCUT2D eigenvalue weighted by Gasteiger charge is 2.34. The van der Waals surface area contributed by atoms with Crippen LogP contribution in [0.25, 0.3) is 0 Å². The summed E-state index contributed by atoms with van der Waals surface area (Å²) in [5, 5.41) is 2.92. The van der Waals surface area contributed by atoms with E-state index >= 15 is 0 Å². The van der Waals surface area contributed by atoms with Gasteiger partial charge in [0.2, 0.25) is 5.09 Å². The smallest absolute Gasteiger partial charge is 0.276 e. The van der Waals surface area contributed by atoms with E-state index in [0.717, 1.165) is 0 Å². The Bertz CT molecular complexity index is 516. The molecule has 19 heavy (non-hydrogen) atoms. The number of ether oxygens (including phenoxy) is 1. The molecule has 0 bridgehead atoms. The van der Waals surface area contributed by atoms with Crippen LogP contribution in [0.2, 0.25) is 0 Å². The summed E-state index contributed by atoms with van der Waals surface area (Å²) in [5.74, 6) is 0.607. The lowest BCUT2D eigenvalue weighted by molar-refractivity contribution is -0.0443. The molecule has 1 aromatic heterocycles. The molecule has 1 saturated heterocycles. The second-order valence-corrected chi connectivity index (χ2v) is 6.70. The number of nitrogens with one attached hydrogen (secondary N) is 1. The molecule has 1 fully saturated rings. The molecule has 1 aliphatic rings. The molecule has 2 rings (SSSR count). The molecular formula is C12H20N2O4S. The van der Waals surface area contributed by atoms with E-state index in [0.29, 0.717) is 25.4 Å². The van der Waals surface area contributed by atoms with Gasteiger partial charge in [0.1, 0.15) is 5.76 Å². The first-order valence-electron chi connectivity index (χ1n) is 6.32. The molecule has 1 aliphatic heterocycles. The maximum Gasteiger partial charge on any atom is 0.276 e. The maximum absolute atomic E-state index is 12.5. The van der Waals surface area contributed by atoms with Gasteiger partial charge in [-0.15, -0.1) is 0 Å². The van der Waals surface area contributed by atoms with Crippen LogP contribution in [-0.4, -0.2) is 45.1 Å². The Morgan fingerprint density at radius 2 is 1.95 bits per heavy atom. The van der Waals surface area contributed by atoms with Crippen LogP contribution in [0.3, 0.4) is 0 Å². The average molecular weight is 288 g/mol. The minimum absolute atomic E-state index is 0.000880. The van der Waals surface area contributed by atoms with E-state index in [2.05, 4.69) is 5.32 Å². The fourth-order valence-corrected chi connectivity index (χ4v) is 3.74. The van der Waals surface area contributed by atoms with Gasteiger partial charge in [0.25, 0.3) is 10.0 Å². The molecular weight excluding hydrogens is 268 g/mol. The number of rotatable bonds is 4. The Morgan fingerprint density at radius 1 is 1.32 bits per heavy atom. The van der Waals surface area contributed by atoms with Crippen molar-refractivity contribution in [3.63, 3.8) is 0 Å². The highest BCUT2D eigenvalue weighted by Crippen LogP contribution is 2.22. The van der Waals surface area contributed by atoms with E-state index in [1.54, 1.807) is 13.1 Å². The predicted molar refractivity (Wildman–Crippen MR) is 70.2 cm³/mol. The van der Waals surface area contributed by atoms with Crippen molar-refractivity contribution in [3.05, 3.63) is 17.9 Å². The number of nitrogens with zero attached hydrogens (tertiary/aromatic N) is 1. The monoisotopic (exact) mass is 288 g/mol. The van der Waals surface area contributed by atoms with E-state index in [4.69, 9.17) is 9.15 Å². The molecule has 2 atom stereocenters. The summed E-state index contributed by atoms with van der Waals surface area (Å²) >= 11 is 0. The van der Waals surface area contributed by atoms with Crippen LogP contribution in [0.5, 0.6) is 0 Å². The zero-order valence-corrected chi connectivity index (χ0v) is 12.2. The topological polar surface area (TPSA) is 71.8 Å². The molecule has 7 heteroatoms. The van der Waals surface area contributed by atoms with Crippen molar-refractivity contribution in [2.24, 2.45) is 0 Å². The third-order valence-electron chi connectivity index (χ3n) is 2.97. The largest absolute Gasteiger partial charge is 0.447 e. The van der Waals surface area contributed by atoms with Crippen LogP contribution in [0.15, 0.2) is 21.6 Å². The molecule has 0 aromatic carbocycles. The quantitative estimate of drug-likeness (QED) is 0.887. The third-order valence-corrected chi connectivity index (χ3v) is 4.67. The SMILES string of the molecule is CNCc1ccc(S(=O)(=O)N2C[C@@H](C)O[C@@H](C)C2)o1. The lowest BCUT2D eigenvalue weighted by Gasteiger charge is -2.33. The van der Waals surface area contributed by atoms with Gasteiger partial charge in [-0.2, -0.15) is 4.31 Å². The highest BCUT2D eigenvalue weighted by molar-refractivity contribution is 7.89. The van der Waals surface area contributed by atoms with Crippen molar-refractivity contribution in [1.82, 2.24) is 9.62 Å². The van der Waals surface area contributed by atoms with Gasteiger partial charge < -0.3 is 14.5 Å². The van der Waals surface area contributed by atoms with Gasteiger partial charge in [-0.3, -0.25) is 0 Å². The fourth-order valence-electron chi connectivity index (χ4n) is 2.22. The van der Waals surface area contributed by atoms with Crippen molar-refractivity contribution >= 4 is 10.0 Å². The van der Waals surface area contributed by atoms with E-state index in [1.165, 1.54) is 10.4 Å². The van der Waals surface area contributed by atoms with Crippen molar-refractivity contribution in [2.75, 3.05) is 20.1 Å². The van der Waals surface area contributed by atoms with Crippen LogP contribution < -0.4 is 5.32 Å². The average Bonchev–Trinajstić information content (AvgIpc) is 2.77. The minimum Gasteiger partial charge on any atom is -0.447 e. The zero-order valence-electron chi connectivity index (χ0n) is 11.4. The van der Waals surface area contributed by atoms with Crippen LogP contribution in [0, 0.1) is 0 Å². The Hall–Kier alpha value is -0.890. The summed E-state index contributed by atoms with van der Waals surface area (Å²) in [4.78, 5) is 0. The van der Waals surface area contributed by atoms with Gasteiger partial charge in [0.05, 0.1) is 18.8 Å². The summed E-state index contributed by atoms with van der Waals surface area (Å²) in [6.07, 6.45) is -0.212. The van der Waals surface area contributed by atoms with Gasteiger partial charge in [-0.25, -0.2) is 8.42 Å². The molecule has 0 amide bonds. The van der Waals surface area contributed by atoms with Gasteiger partial charge in [-0.1, -0.05) is 0 Å². The fraction of sp³-hybridized carbons (Fsp3) is 0.667. The zero-order chi connectivity index (χ0) is 14.0. The predicted octanol–water partition coefficient (Wildman–Crippen LogP) is 0.797. The second kappa shape index (κ2) is 5.62. The summed E-state index contributed by atoms with van der Waals surface area (Å²) in [6.45, 7) is 4.95. The second-order valence-electron chi connectivity index (χ2n) is 4.83. The van der Waals surface area contributed by atoms with Crippen LogP contribution in [-0.2, 0) is 21.3 Å². The number of morpholine rings is 1. The molecule has 1 aromatic rings. The Balaban J connectivity index is 2.20. The van der Waals surface area contributed by atoms with Crippen molar-refractivity contribution < 1.29 is 17.6 Å². The van der Waals surface area contributed by atoms with Crippen molar-refractivity contribution in [3.8, 4) is 0 Å². The van der Waals surface area contributed by atoms with Gasteiger partial charge >= 0.3 is 0 Å². The van der Waals surface area contributed by atoms with Gasteiger partial charge in [0, 0.05) is 13.1 Å². The minimum atomic E-state index is -3.57. The summed E-state index contributed by atoms with van der Waals surface area (Å²) in [5.41, 5.74) is 0. The summed E-state index contributed by atoms with van der Waals surface area (Å²) in [6, 6.07) is 3.18. The molecule has 6 nitrogen and oxygen atoms in total.